The topological polar surface area (TPSA) is 20.2 Å². The molecule has 0 saturated heterocycles. The number of rotatable bonds is 8. The Morgan fingerprint density at radius 1 is 0.548 bits per heavy atom. The third-order valence-corrected chi connectivity index (χ3v) is 4.03. The largest absolute Gasteiger partial charge is 0.460 e. The maximum absolute atomic E-state index is 13.7. The number of benzene rings is 1. The van der Waals surface area contributed by atoms with Crippen molar-refractivity contribution >= 4 is 0 Å². The lowest BCUT2D eigenvalue weighted by Gasteiger charge is -2.41. The molecule has 1 aromatic rings. The molecule has 0 fully saturated rings. The number of halogens is 15. The molecule has 0 aliphatic rings. The highest BCUT2D eigenvalue weighted by atomic mass is 19.4. The molecule has 180 valence electrons. The second-order valence-electron chi connectivity index (χ2n) is 6.20. The summed E-state index contributed by atoms with van der Waals surface area (Å²) in [6, 6.07) is 4.82. The van der Waals surface area contributed by atoms with E-state index in [1.165, 1.54) is 6.07 Å². The van der Waals surface area contributed by atoms with Crippen LogP contribution in [0.3, 0.4) is 0 Å². The maximum atomic E-state index is 13.7. The maximum Gasteiger partial charge on any atom is 0.460 e. The Balaban J connectivity index is 3.44. The van der Waals surface area contributed by atoms with E-state index >= 15 is 0 Å². The van der Waals surface area contributed by atoms with E-state index in [0.717, 1.165) is 24.3 Å². The van der Waals surface area contributed by atoms with Crippen LogP contribution in [0.2, 0.25) is 0 Å². The molecule has 0 spiro atoms. The molecule has 0 heterocycles. The molecule has 0 saturated carbocycles. The van der Waals surface area contributed by atoms with E-state index in [9.17, 15) is 71.0 Å². The number of hydrogen-bond donors (Lipinski definition) is 1. The van der Waals surface area contributed by atoms with Crippen LogP contribution in [0.4, 0.5) is 65.9 Å². The Hall–Kier alpha value is -1.87. The number of aliphatic hydroxyl groups is 1. The van der Waals surface area contributed by atoms with Crippen LogP contribution in [-0.2, 0) is 0 Å². The Morgan fingerprint density at radius 2 is 0.903 bits per heavy atom. The molecule has 0 bridgehead atoms. The average molecular weight is 490 g/mol. The van der Waals surface area contributed by atoms with Gasteiger partial charge in [-0.25, -0.2) is 0 Å². The first kappa shape index (κ1) is 27.2. The monoisotopic (exact) mass is 490 g/mol. The van der Waals surface area contributed by atoms with Gasteiger partial charge in [0, 0.05) is 6.42 Å². The normalized spacial score (nSPS) is 16.4. The van der Waals surface area contributed by atoms with Crippen molar-refractivity contribution in [2.75, 3.05) is 0 Å². The van der Waals surface area contributed by atoms with Crippen molar-refractivity contribution in [2.24, 2.45) is 0 Å². The summed E-state index contributed by atoms with van der Waals surface area (Å²) in [7, 11) is 0. The summed E-state index contributed by atoms with van der Waals surface area (Å²) in [5, 5.41) is 9.42. The van der Waals surface area contributed by atoms with Gasteiger partial charge < -0.3 is 5.11 Å². The average Bonchev–Trinajstić information content (AvgIpc) is 2.60. The van der Waals surface area contributed by atoms with E-state index in [0.29, 0.717) is 0 Å². The Kier molecular flexibility index (Phi) is 6.68. The highest BCUT2D eigenvalue weighted by Gasteiger charge is 2.93. The third-order valence-electron chi connectivity index (χ3n) is 4.03. The van der Waals surface area contributed by atoms with Crippen LogP contribution in [0.25, 0.3) is 0 Å². The van der Waals surface area contributed by atoms with Crippen LogP contribution >= 0.6 is 0 Å². The fraction of sp³-hybridized carbons (Fsp3) is 0.600. The van der Waals surface area contributed by atoms with Crippen molar-refractivity contribution in [3.05, 3.63) is 35.9 Å². The summed E-state index contributed by atoms with van der Waals surface area (Å²) in [4.78, 5) is 0. The van der Waals surface area contributed by atoms with Gasteiger partial charge >= 0.3 is 41.7 Å². The second kappa shape index (κ2) is 7.62. The Labute approximate surface area is 162 Å². The molecule has 0 amide bonds. The highest BCUT2D eigenvalue weighted by Crippen LogP contribution is 2.63. The van der Waals surface area contributed by atoms with Gasteiger partial charge in [-0.2, -0.15) is 65.9 Å². The molecule has 16 heteroatoms. The molecule has 0 aliphatic carbocycles. The van der Waals surface area contributed by atoms with E-state index in [4.69, 9.17) is 0 Å². The molecule has 1 rings (SSSR count). The predicted octanol–water partition coefficient (Wildman–Crippen LogP) is 6.48. The number of alkyl halides is 15. The zero-order valence-electron chi connectivity index (χ0n) is 14.3. The Bertz CT molecular complexity index is 753. The lowest BCUT2D eigenvalue weighted by molar-refractivity contribution is -0.453. The van der Waals surface area contributed by atoms with Gasteiger partial charge in [0.1, 0.15) is 0 Å². The minimum absolute atomic E-state index is 0.651. The van der Waals surface area contributed by atoms with Crippen molar-refractivity contribution in [1.82, 2.24) is 0 Å². The minimum atomic E-state index is -8.33. The third kappa shape index (κ3) is 4.02. The molecule has 0 aliphatic heterocycles. The summed E-state index contributed by atoms with van der Waals surface area (Å²) >= 11 is 0. The molecular formula is C15H9F15O. The van der Waals surface area contributed by atoms with Gasteiger partial charge in [0.15, 0.2) is 0 Å². The second-order valence-corrected chi connectivity index (χ2v) is 6.20. The number of hydrogen-bond acceptors (Lipinski definition) is 1. The van der Waals surface area contributed by atoms with Gasteiger partial charge in [0.05, 0.1) is 6.10 Å². The van der Waals surface area contributed by atoms with E-state index in [2.05, 4.69) is 0 Å². The van der Waals surface area contributed by atoms with Crippen molar-refractivity contribution in [3.63, 3.8) is 0 Å². The fourth-order valence-corrected chi connectivity index (χ4v) is 2.16. The summed E-state index contributed by atoms with van der Waals surface area (Å²) in [6.07, 6.45) is -13.2. The van der Waals surface area contributed by atoms with E-state index < -0.39 is 59.8 Å². The van der Waals surface area contributed by atoms with Gasteiger partial charge in [0.2, 0.25) is 0 Å². The molecule has 1 atom stereocenters. The highest BCUT2D eigenvalue weighted by molar-refractivity contribution is 5.19. The van der Waals surface area contributed by atoms with Crippen molar-refractivity contribution in [1.29, 1.82) is 0 Å². The fourth-order valence-electron chi connectivity index (χ4n) is 2.16. The van der Waals surface area contributed by atoms with Crippen LogP contribution < -0.4 is 0 Å². The van der Waals surface area contributed by atoms with E-state index in [1.54, 1.807) is 0 Å². The van der Waals surface area contributed by atoms with E-state index in [-0.39, 0.29) is 0 Å². The van der Waals surface area contributed by atoms with Gasteiger partial charge in [0.25, 0.3) is 0 Å². The Morgan fingerprint density at radius 3 is 1.29 bits per heavy atom. The van der Waals surface area contributed by atoms with Gasteiger partial charge in [-0.1, -0.05) is 30.3 Å². The van der Waals surface area contributed by atoms with Gasteiger partial charge in [-0.3, -0.25) is 0 Å². The molecular weight excluding hydrogens is 481 g/mol. The molecule has 0 radical (unpaired) electrons. The van der Waals surface area contributed by atoms with Gasteiger partial charge in [-0.15, -0.1) is 0 Å². The van der Waals surface area contributed by atoms with Crippen LogP contribution in [-0.4, -0.2) is 46.8 Å². The van der Waals surface area contributed by atoms with Crippen LogP contribution in [0.15, 0.2) is 30.3 Å². The molecule has 1 aromatic carbocycles. The molecule has 0 aromatic heterocycles. The summed E-state index contributed by atoms with van der Waals surface area (Å²) in [6.45, 7) is 0. The van der Waals surface area contributed by atoms with Crippen molar-refractivity contribution < 1.29 is 71.0 Å². The van der Waals surface area contributed by atoms with Crippen LogP contribution in [0.1, 0.15) is 18.1 Å². The standard InChI is InChI=1S/C15H9F15O/c16-9(17,6-8(31)7-4-2-1-3-5-7)10(18,19)11(20,21)12(22,23)13(24,25)14(26,27)15(28,29)30/h1-5,8,31H,6H2. The first-order valence-electron chi connectivity index (χ1n) is 7.55. The predicted molar refractivity (Wildman–Crippen MR) is 71.8 cm³/mol. The van der Waals surface area contributed by atoms with Crippen LogP contribution in [0, 0.1) is 0 Å². The van der Waals surface area contributed by atoms with Crippen molar-refractivity contribution in [2.45, 2.75) is 54.2 Å². The number of aliphatic hydroxyl groups excluding tert-OH is 1. The van der Waals surface area contributed by atoms with Gasteiger partial charge in [-0.05, 0) is 5.56 Å². The van der Waals surface area contributed by atoms with E-state index in [1.807, 2.05) is 0 Å². The summed E-state index contributed by atoms with van der Waals surface area (Å²) in [5.74, 6) is -46.9. The minimum Gasteiger partial charge on any atom is -0.388 e. The first-order valence-corrected chi connectivity index (χ1v) is 7.55. The van der Waals surface area contributed by atoms with Crippen molar-refractivity contribution in [3.8, 4) is 0 Å². The smallest absolute Gasteiger partial charge is 0.388 e. The molecule has 1 nitrogen and oxygen atoms in total. The lowest BCUT2D eigenvalue weighted by Crippen LogP contribution is -2.72. The zero-order valence-corrected chi connectivity index (χ0v) is 14.3. The lowest BCUT2D eigenvalue weighted by atomic mass is 9.88. The summed E-state index contributed by atoms with van der Waals surface area (Å²) in [5.41, 5.74) is -0.651. The first-order chi connectivity index (χ1) is 13.5. The zero-order chi connectivity index (χ0) is 24.9. The SMILES string of the molecule is OC(CC(F)(F)C(F)(F)C(F)(F)C(F)(F)C(F)(F)C(F)(F)C(F)(F)F)c1ccccc1. The molecule has 31 heavy (non-hydrogen) atoms. The quantitative estimate of drug-likeness (QED) is 0.414. The molecule has 1 unspecified atom stereocenters. The van der Waals surface area contributed by atoms with Crippen LogP contribution in [0.5, 0.6) is 0 Å². The molecule has 1 N–H and O–H groups in total. The summed E-state index contributed by atoms with van der Waals surface area (Å²) < 4.78 is 196.